The van der Waals surface area contributed by atoms with Crippen molar-refractivity contribution < 1.29 is 84.7 Å². The molecule has 4 N–H and O–H groups in total. The summed E-state index contributed by atoms with van der Waals surface area (Å²) >= 11 is 0. The zero-order valence-corrected chi connectivity index (χ0v) is 68.8. The lowest BCUT2D eigenvalue weighted by Gasteiger charge is -2.26. The molecule has 0 fully saturated rings. The van der Waals surface area contributed by atoms with Crippen molar-refractivity contribution in [3.8, 4) is 0 Å². The number of carbonyl (C=O) groups is 6. The average Bonchev–Trinajstić information content (AvgIpc) is 0.924. The molecule has 0 radical (unpaired) electrons. The average molecular weight is 1530 g/mol. The molecule has 0 saturated carbocycles. The topological polar surface area (TPSA) is 305 Å². The van der Waals surface area contributed by atoms with Crippen molar-refractivity contribution in [2.24, 2.45) is 0 Å². The molecule has 0 aliphatic rings. The Morgan fingerprint density at radius 3 is 0.952 bits per heavy atom. The highest BCUT2D eigenvalue weighted by atomic mass is 31.2. The molecule has 0 aromatic heterocycles. The normalized spacial score (nSPS) is 14.0. The van der Waals surface area contributed by atoms with E-state index in [2.05, 4.69) is 87.1 Å². The third kappa shape index (κ3) is 71.8. The van der Waals surface area contributed by atoms with Crippen LogP contribution in [0.2, 0.25) is 0 Å². The summed E-state index contributed by atoms with van der Waals surface area (Å²) in [5.74, 6) is -2.59. The Labute approximate surface area is 637 Å². The molecule has 0 spiro atoms. The second-order valence-corrected chi connectivity index (χ2v) is 31.3. The first kappa shape index (κ1) is 101. The Morgan fingerprint density at radius 2 is 0.619 bits per heavy atom. The predicted octanol–water partition coefficient (Wildman–Crippen LogP) is 18.2. The molecule has 0 aromatic carbocycles. The molecule has 0 saturated heterocycles. The van der Waals surface area contributed by atoms with Gasteiger partial charge < -0.3 is 68.1 Å². The van der Waals surface area contributed by atoms with Gasteiger partial charge in [-0.2, -0.15) is 0 Å². The lowest BCUT2D eigenvalue weighted by atomic mass is 10.1. The van der Waals surface area contributed by atoms with Gasteiger partial charge in [-0.25, -0.2) is 0 Å². The van der Waals surface area contributed by atoms with E-state index >= 15 is 0 Å². The van der Waals surface area contributed by atoms with Gasteiger partial charge in [-0.1, -0.05) is 258 Å². The van der Waals surface area contributed by atoms with Crippen molar-refractivity contribution in [1.29, 1.82) is 0 Å². The number of esters is 2. The van der Waals surface area contributed by atoms with Gasteiger partial charge in [0.25, 0.3) is 15.6 Å². The molecule has 0 rings (SSSR count). The van der Waals surface area contributed by atoms with E-state index in [-0.39, 0.29) is 88.3 Å². The number of hydrogen-bond donors (Lipinski definition) is 4. The summed E-state index contributed by atoms with van der Waals surface area (Å²) in [4.78, 5) is 104. The second kappa shape index (κ2) is 74.5. The summed E-state index contributed by atoms with van der Waals surface area (Å²) < 4.78 is 70.4. The summed E-state index contributed by atoms with van der Waals surface area (Å²) in [6.45, 7) is 10.6. The van der Waals surface area contributed by atoms with E-state index in [0.29, 0.717) is 64.2 Å². The zero-order valence-electron chi connectivity index (χ0n) is 67.0. The number of phosphoric acid groups is 2. The largest absolute Gasteiger partial charge is 0.756 e. The predicted molar refractivity (Wildman–Crippen MR) is 418 cm³/mol. The van der Waals surface area contributed by atoms with Crippen molar-refractivity contribution in [2.45, 2.75) is 393 Å². The highest BCUT2D eigenvalue weighted by molar-refractivity contribution is 7.46. The van der Waals surface area contributed by atoms with Gasteiger partial charge in [0.1, 0.15) is 18.6 Å². The molecule has 105 heavy (non-hydrogen) atoms. The third-order valence-corrected chi connectivity index (χ3v) is 20.2. The highest BCUT2D eigenvalue weighted by Gasteiger charge is 2.23. The fraction of sp³-hybridized carbons (Fsp3) is 0.877. The van der Waals surface area contributed by atoms with Gasteiger partial charge in [0.05, 0.1) is 64.9 Å². The van der Waals surface area contributed by atoms with Gasteiger partial charge in [-0.3, -0.25) is 37.9 Å². The van der Waals surface area contributed by atoms with Crippen molar-refractivity contribution in [2.75, 3.05) is 65.9 Å². The minimum absolute atomic E-state index is 0.0848. The smallest absolute Gasteiger partial charge is 0.306 e. The van der Waals surface area contributed by atoms with E-state index in [9.17, 15) is 47.7 Å². The molecule has 6 unspecified atom stereocenters. The minimum Gasteiger partial charge on any atom is -0.756 e. The lowest BCUT2D eigenvalue weighted by molar-refractivity contribution is -0.227. The Kier molecular flexibility index (Phi) is 72.0. The summed E-state index contributed by atoms with van der Waals surface area (Å²) in [7, 11) is -9.97. The van der Waals surface area contributed by atoms with Crippen LogP contribution < -0.4 is 31.1 Å². The number of rotatable bonds is 80. The first-order valence-corrected chi connectivity index (χ1v) is 45.0. The van der Waals surface area contributed by atoms with Crippen LogP contribution in [0.4, 0.5) is 0 Å². The molecular weight excluding hydrogens is 1380 g/mol. The van der Waals surface area contributed by atoms with Crippen LogP contribution >= 0.6 is 15.6 Å². The zero-order chi connectivity index (χ0) is 77.2. The molecule has 24 heteroatoms. The fourth-order valence-electron chi connectivity index (χ4n) is 11.9. The van der Waals surface area contributed by atoms with Crippen molar-refractivity contribution >= 4 is 51.2 Å². The van der Waals surface area contributed by atoms with Crippen LogP contribution in [0.15, 0.2) is 24.3 Å². The van der Waals surface area contributed by atoms with Crippen LogP contribution in [0.3, 0.4) is 0 Å². The molecular formula is C81H152N4O18P2-2. The van der Waals surface area contributed by atoms with E-state index in [1.54, 1.807) is 0 Å². The fourth-order valence-corrected chi connectivity index (χ4v) is 13.4. The molecule has 0 aromatic rings. The van der Waals surface area contributed by atoms with Crippen LogP contribution in [-0.2, 0) is 74.9 Å². The number of unbranched alkanes of at least 4 members (excludes halogenated alkanes) is 34. The van der Waals surface area contributed by atoms with E-state index in [1.165, 1.54) is 116 Å². The molecule has 0 aliphatic carbocycles. The Balaban J connectivity index is 5.49. The Hall–Kier alpha value is -3.56. The van der Waals surface area contributed by atoms with Crippen LogP contribution in [-0.4, -0.2) is 126 Å². The quantitative estimate of drug-likeness (QED) is 0.0145. The van der Waals surface area contributed by atoms with Gasteiger partial charge in [0.2, 0.25) is 23.6 Å². The molecule has 4 amide bonds. The number of carbonyl (C=O) groups excluding carboxylic acids is 6. The van der Waals surface area contributed by atoms with E-state index in [4.69, 9.17) is 37.0 Å². The van der Waals surface area contributed by atoms with Gasteiger partial charge >= 0.3 is 11.9 Å². The van der Waals surface area contributed by atoms with E-state index in [1.807, 2.05) is 0 Å². The van der Waals surface area contributed by atoms with E-state index in [0.717, 1.165) is 128 Å². The summed E-state index contributed by atoms with van der Waals surface area (Å²) in [5, 5.41) is 10.5. The molecule has 22 nitrogen and oxygen atoms in total. The van der Waals surface area contributed by atoms with E-state index < -0.39 is 72.4 Å². The summed E-state index contributed by atoms with van der Waals surface area (Å²) in [6.07, 6.45) is 55.5. The third-order valence-electron chi connectivity index (χ3n) is 18.2. The first-order valence-electron chi connectivity index (χ1n) is 42.1. The van der Waals surface area contributed by atoms with Crippen molar-refractivity contribution in [3.63, 3.8) is 0 Å². The second-order valence-electron chi connectivity index (χ2n) is 28.5. The van der Waals surface area contributed by atoms with Crippen LogP contribution in [0.5, 0.6) is 0 Å². The van der Waals surface area contributed by atoms with Crippen molar-refractivity contribution in [1.82, 2.24) is 21.3 Å². The number of allylic oxidation sites excluding steroid dienone is 4. The number of hydrogen-bond acceptors (Lipinski definition) is 18. The van der Waals surface area contributed by atoms with Gasteiger partial charge in [-0.15, -0.1) is 0 Å². The van der Waals surface area contributed by atoms with Gasteiger partial charge in [0, 0.05) is 51.6 Å². The molecule has 616 valence electrons. The van der Waals surface area contributed by atoms with Crippen molar-refractivity contribution in [3.05, 3.63) is 24.3 Å². The number of nitrogens with one attached hydrogen (secondary N) is 4. The maximum absolute atomic E-state index is 13.2. The Morgan fingerprint density at radius 1 is 0.324 bits per heavy atom. The van der Waals surface area contributed by atoms with Crippen LogP contribution in [0.1, 0.15) is 369 Å². The maximum atomic E-state index is 13.2. The summed E-state index contributed by atoms with van der Waals surface area (Å²) in [5.41, 5.74) is 0. The van der Waals surface area contributed by atoms with Crippen LogP contribution in [0, 0.1) is 0 Å². The number of amides is 4. The minimum atomic E-state index is -4.99. The SMILES string of the molecule is CCCCCC/C=C\CCCC(=O)OC(CCCCCCC)CCOCC(COP(=O)([O-])OCCNC(=O)CC(=O)NCCOP(=O)([O-])OCC(COCCC(CCCCCCC)OC(=O)CCC/C=C\CCCCCC)NC(=O)CCCCCCCCCCC)NC(=O)CCCCCCCCCCC. The Bertz CT molecular complexity index is 2100. The first-order chi connectivity index (χ1) is 50.9. The standard InChI is InChI=1S/C81H154N4O18P2/c1-7-13-19-25-29-33-37-43-49-55-76(86)84-72(68-96-63-59-74(53-47-41-23-17-11-5)102-80(90)57-51-45-39-35-31-27-21-15-9-3)70-100-104(92,93)98-65-61-82-78(88)67-79(89)83-62-66-99-105(94,95)101-71-73(85-77(87)56-50-44-38-34-30-26-20-14-8-2)69-97-64-60-75(54-48-42-24-18-12-6)103-81(91)58-52-46-40-36-32-28-22-16-10-4/h35-36,39-40,72-75H,7-34,37-38,41-71H2,1-6H3,(H,82,88)(H,83,89)(H,84,86)(H,85,87)(H,92,93)(H,94,95)/p-2/b39-35-,40-36-. The molecule has 0 bridgehead atoms. The molecule has 0 aliphatic heterocycles. The van der Waals surface area contributed by atoms with Crippen LogP contribution in [0.25, 0.3) is 0 Å². The number of phosphoric ester groups is 2. The lowest BCUT2D eigenvalue weighted by Crippen LogP contribution is -2.42. The number of ether oxygens (including phenoxy) is 4. The summed E-state index contributed by atoms with van der Waals surface area (Å²) in [6, 6.07) is -1.74. The maximum Gasteiger partial charge on any atom is 0.306 e. The van der Waals surface area contributed by atoms with Gasteiger partial charge in [-0.05, 0) is 89.9 Å². The van der Waals surface area contributed by atoms with Gasteiger partial charge in [0.15, 0.2) is 0 Å². The molecule has 0 heterocycles. The monoisotopic (exact) mass is 1530 g/mol. The highest BCUT2D eigenvalue weighted by Crippen LogP contribution is 2.39. The molecule has 6 atom stereocenters.